The molecule has 1 aliphatic heterocycles. The van der Waals surface area contributed by atoms with Crippen molar-refractivity contribution in [2.45, 2.75) is 25.8 Å². The van der Waals surface area contributed by atoms with Crippen LogP contribution in [0.2, 0.25) is 0 Å². The van der Waals surface area contributed by atoms with Gasteiger partial charge in [-0.3, -0.25) is 9.69 Å². The third-order valence-corrected chi connectivity index (χ3v) is 6.40. The Balaban J connectivity index is 1.64. The molecule has 1 N–H and O–H groups in total. The third kappa shape index (κ3) is 4.53. The molecule has 0 radical (unpaired) electrons. The number of aliphatic carboxylic acids is 1. The molecule has 1 atom stereocenters. The Morgan fingerprint density at radius 1 is 1.00 bits per heavy atom. The predicted octanol–water partition coefficient (Wildman–Crippen LogP) is 5.41. The zero-order valence-corrected chi connectivity index (χ0v) is 18.3. The Morgan fingerprint density at radius 3 is 2.38 bits per heavy atom. The molecule has 0 unspecified atom stereocenters. The summed E-state index contributed by atoms with van der Waals surface area (Å²) in [4.78, 5) is 14.7. The van der Waals surface area contributed by atoms with Gasteiger partial charge in [0.25, 0.3) is 0 Å². The molecule has 0 aliphatic carbocycles. The number of hydrogen-bond acceptors (Lipinski definition) is 3. The van der Waals surface area contributed by atoms with Crippen molar-refractivity contribution in [2.75, 3.05) is 20.2 Å². The Morgan fingerprint density at radius 2 is 1.66 bits per heavy atom. The highest BCUT2D eigenvalue weighted by atomic mass is 19.1. The molecule has 1 saturated heterocycles. The second-order valence-corrected chi connectivity index (χ2v) is 8.53. The number of hydrogen-bond donors (Lipinski definition) is 1. The highest BCUT2D eigenvalue weighted by molar-refractivity contribution is 5.78. The first kappa shape index (κ1) is 22.0. The zero-order chi connectivity index (χ0) is 22.6. The van der Waals surface area contributed by atoms with Crippen LogP contribution >= 0.6 is 0 Å². The maximum Gasteiger partial charge on any atom is 0.311 e. The van der Waals surface area contributed by atoms with E-state index >= 15 is 0 Å². The molecule has 0 spiro atoms. The van der Waals surface area contributed by atoms with Crippen LogP contribution in [-0.2, 0) is 17.8 Å². The number of carboxylic acids is 1. The fourth-order valence-corrected chi connectivity index (χ4v) is 4.79. The number of halogens is 1. The largest absolute Gasteiger partial charge is 0.496 e. The van der Waals surface area contributed by atoms with Crippen LogP contribution in [0.1, 0.15) is 24.0 Å². The molecule has 4 rings (SSSR count). The van der Waals surface area contributed by atoms with Crippen molar-refractivity contribution < 1.29 is 19.0 Å². The molecule has 1 aliphatic rings. The van der Waals surface area contributed by atoms with Gasteiger partial charge >= 0.3 is 5.97 Å². The molecule has 4 nitrogen and oxygen atoms in total. The topological polar surface area (TPSA) is 49.8 Å². The van der Waals surface area contributed by atoms with Gasteiger partial charge in [-0.1, -0.05) is 60.7 Å². The molecule has 3 aromatic carbocycles. The molecular weight excluding hydrogens is 405 g/mol. The van der Waals surface area contributed by atoms with E-state index in [9.17, 15) is 14.3 Å². The lowest BCUT2D eigenvalue weighted by Gasteiger charge is -2.40. The lowest BCUT2D eigenvalue weighted by molar-refractivity contribution is -0.152. The Kier molecular flexibility index (Phi) is 6.56. The van der Waals surface area contributed by atoms with Crippen molar-refractivity contribution in [2.24, 2.45) is 5.41 Å². The van der Waals surface area contributed by atoms with E-state index in [0.29, 0.717) is 31.5 Å². The van der Waals surface area contributed by atoms with Crippen LogP contribution in [0.4, 0.5) is 4.39 Å². The van der Waals surface area contributed by atoms with Crippen LogP contribution in [0, 0.1) is 11.2 Å². The minimum absolute atomic E-state index is 0.250. The standard InChI is InChI=1S/C27H28FNO3/c1-32-25-14-7-5-12-23(25)22-11-4-2-9-20(22)17-27(26(30)31)15-8-16-29(19-27)18-21-10-3-6-13-24(21)28/h2-7,9-14H,8,15-19H2,1H3,(H,30,31)/t27-/m1/s1. The summed E-state index contributed by atoms with van der Waals surface area (Å²) in [7, 11) is 1.64. The lowest BCUT2D eigenvalue weighted by Crippen LogP contribution is -2.48. The molecular formula is C27H28FNO3. The fraction of sp³-hybridized carbons (Fsp3) is 0.296. The Labute approximate surface area is 188 Å². The van der Waals surface area contributed by atoms with Gasteiger partial charge in [-0.15, -0.1) is 0 Å². The molecule has 32 heavy (non-hydrogen) atoms. The van der Waals surface area contributed by atoms with Crippen molar-refractivity contribution >= 4 is 5.97 Å². The van der Waals surface area contributed by atoms with Crippen molar-refractivity contribution in [3.05, 3.63) is 89.7 Å². The molecule has 3 aromatic rings. The van der Waals surface area contributed by atoms with E-state index in [0.717, 1.165) is 35.4 Å². The number of likely N-dealkylation sites (tertiary alicyclic amines) is 1. The van der Waals surface area contributed by atoms with Crippen LogP contribution in [0.5, 0.6) is 5.75 Å². The second-order valence-electron chi connectivity index (χ2n) is 8.53. The quantitative estimate of drug-likeness (QED) is 0.541. The van der Waals surface area contributed by atoms with E-state index < -0.39 is 11.4 Å². The van der Waals surface area contributed by atoms with E-state index in [1.165, 1.54) is 6.07 Å². The van der Waals surface area contributed by atoms with Gasteiger partial charge in [-0.2, -0.15) is 0 Å². The summed E-state index contributed by atoms with van der Waals surface area (Å²) < 4.78 is 19.8. The smallest absolute Gasteiger partial charge is 0.311 e. The third-order valence-electron chi connectivity index (χ3n) is 6.40. The molecule has 1 fully saturated rings. The van der Waals surface area contributed by atoms with Crippen molar-refractivity contribution in [1.29, 1.82) is 0 Å². The monoisotopic (exact) mass is 433 g/mol. The minimum Gasteiger partial charge on any atom is -0.496 e. The second kappa shape index (κ2) is 9.53. The number of methoxy groups -OCH3 is 1. The van der Waals surface area contributed by atoms with Gasteiger partial charge in [0, 0.05) is 24.2 Å². The number of carbonyl (C=O) groups is 1. The van der Waals surface area contributed by atoms with E-state index in [2.05, 4.69) is 4.90 Å². The van der Waals surface area contributed by atoms with Gasteiger partial charge in [-0.05, 0) is 49.1 Å². The van der Waals surface area contributed by atoms with Gasteiger partial charge in [0.15, 0.2) is 0 Å². The van der Waals surface area contributed by atoms with Crippen molar-refractivity contribution in [1.82, 2.24) is 4.90 Å². The van der Waals surface area contributed by atoms with Crippen molar-refractivity contribution in [3.8, 4) is 16.9 Å². The van der Waals surface area contributed by atoms with Gasteiger partial charge in [-0.25, -0.2) is 4.39 Å². The summed E-state index contributed by atoms with van der Waals surface area (Å²) >= 11 is 0. The van der Waals surface area contributed by atoms with Gasteiger partial charge in [0.2, 0.25) is 0 Å². The lowest BCUT2D eigenvalue weighted by atomic mass is 9.74. The summed E-state index contributed by atoms with van der Waals surface area (Å²) in [6.45, 7) is 1.56. The number of carboxylic acid groups (broad SMARTS) is 1. The maximum atomic E-state index is 14.2. The summed E-state index contributed by atoms with van der Waals surface area (Å²) in [5.41, 5.74) is 2.58. The van der Waals surface area contributed by atoms with Crippen molar-refractivity contribution in [3.63, 3.8) is 0 Å². The van der Waals surface area contributed by atoms with Crippen LogP contribution in [0.3, 0.4) is 0 Å². The summed E-state index contributed by atoms with van der Waals surface area (Å²) in [6, 6.07) is 22.4. The molecule has 0 saturated carbocycles. The maximum absolute atomic E-state index is 14.2. The van der Waals surface area contributed by atoms with Gasteiger partial charge in [0.05, 0.1) is 12.5 Å². The van der Waals surface area contributed by atoms with Gasteiger partial charge < -0.3 is 9.84 Å². The number of para-hydroxylation sites is 1. The van der Waals surface area contributed by atoms with E-state index in [1.807, 2.05) is 54.6 Å². The summed E-state index contributed by atoms with van der Waals surface area (Å²) in [5, 5.41) is 10.3. The number of benzene rings is 3. The van der Waals surface area contributed by atoms with E-state index in [1.54, 1.807) is 19.2 Å². The van der Waals surface area contributed by atoms with Crippen LogP contribution in [-0.4, -0.2) is 36.2 Å². The number of piperidine rings is 1. The Hall–Kier alpha value is -3.18. The fourth-order valence-electron chi connectivity index (χ4n) is 4.79. The molecule has 166 valence electrons. The number of ether oxygens (including phenoxy) is 1. The van der Waals surface area contributed by atoms with Crippen LogP contribution in [0.25, 0.3) is 11.1 Å². The molecule has 5 heteroatoms. The number of nitrogens with zero attached hydrogens (tertiary/aromatic N) is 1. The first-order valence-corrected chi connectivity index (χ1v) is 10.9. The molecule has 0 amide bonds. The van der Waals surface area contributed by atoms with E-state index in [-0.39, 0.29) is 5.82 Å². The molecule has 1 heterocycles. The predicted molar refractivity (Wildman–Crippen MR) is 123 cm³/mol. The average molecular weight is 434 g/mol. The average Bonchev–Trinajstić information content (AvgIpc) is 2.81. The zero-order valence-electron chi connectivity index (χ0n) is 18.3. The highest BCUT2D eigenvalue weighted by Crippen LogP contribution is 2.39. The Bertz CT molecular complexity index is 1100. The first-order valence-electron chi connectivity index (χ1n) is 10.9. The molecule has 0 bridgehead atoms. The number of rotatable bonds is 7. The highest BCUT2D eigenvalue weighted by Gasteiger charge is 2.43. The molecule has 0 aromatic heterocycles. The van der Waals surface area contributed by atoms with Crippen LogP contribution in [0.15, 0.2) is 72.8 Å². The summed E-state index contributed by atoms with van der Waals surface area (Å²) in [6.07, 6.45) is 1.76. The first-order chi connectivity index (χ1) is 15.5. The summed E-state index contributed by atoms with van der Waals surface area (Å²) in [5.74, 6) is -0.291. The normalized spacial score (nSPS) is 18.9. The van der Waals surface area contributed by atoms with Crippen LogP contribution < -0.4 is 4.74 Å². The van der Waals surface area contributed by atoms with E-state index in [4.69, 9.17) is 4.74 Å². The minimum atomic E-state index is -0.929. The van der Waals surface area contributed by atoms with Gasteiger partial charge in [0.1, 0.15) is 11.6 Å². The SMILES string of the molecule is COc1ccccc1-c1ccccc1C[C@]1(C(=O)O)CCCN(Cc2ccccc2F)C1.